The number of hydrogen-bond acceptors (Lipinski definition) is 0. The normalized spacial score (nSPS) is 14.1. The van der Waals surface area contributed by atoms with E-state index in [0.29, 0.717) is 0 Å². The molecule has 0 unspecified atom stereocenters. The van der Waals surface area contributed by atoms with Gasteiger partial charge in [-0.05, 0) is 6.92 Å². The summed E-state index contributed by atoms with van der Waals surface area (Å²) in [5.41, 5.74) is -0.641. The van der Waals surface area contributed by atoms with Crippen LogP contribution in [0, 0.1) is 0 Å². The van der Waals surface area contributed by atoms with Crippen LogP contribution in [0.3, 0.4) is 0 Å². The van der Waals surface area contributed by atoms with E-state index in [2.05, 4.69) is 0 Å². The van der Waals surface area contributed by atoms with Gasteiger partial charge >= 0.3 is 6.18 Å². The van der Waals surface area contributed by atoms with E-state index in [1.807, 2.05) is 0 Å². The van der Waals surface area contributed by atoms with E-state index in [9.17, 15) is 13.2 Å². The van der Waals surface area contributed by atoms with Crippen molar-refractivity contribution < 1.29 is 13.2 Å². The molecule has 0 amide bonds. The second-order valence-electron chi connectivity index (χ2n) is 1.54. The molecular formula is C5H6ClF3. The average molecular weight is 159 g/mol. The molecule has 0 aliphatic carbocycles. The van der Waals surface area contributed by atoms with Crippen molar-refractivity contribution in [2.75, 3.05) is 5.88 Å². The first kappa shape index (κ1) is 8.82. The Hall–Kier alpha value is -0.180. The smallest absolute Gasteiger partial charge is 0.167 e. The number of rotatable bonds is 1. The average Bonchev–Trinajstić information content (AvgIpc) is 1.64. The van der Waals surface area contributed by atoms with E-state index in [-0.39, 0.29) is 5.88 Å². The standard InChI is InChI=1S/C5H6ClF3/c1-4(2-3-6)5(7,8)9/h2H,3H2,1H3/b4-2+. The van der Waals surface area contributed by atoms with Crippen molar-refractivity contribution in [2.45, 2.75) is 13.1 Å². The van der Waals surface area contributed by atoms with E-state index in [4.69, 9.17) is 11.6 Å². The van der Waals surface area contributed by atoms with Gasteiger partial charge in [-0.25, -0.2) is 0 Å². The van der Waals surface area contributed by atoms with E-state index in [1.54, 1.807) is 0 Å². The second kappa shape index (κ2) is 3.11. The molecule has 0 aliphatic heterocycles. The maximum atomic E-state index is 11.5. The fourth-order valence-electron chi connectivity index (χ4n) is 0.231. The van der Waals surface area contributed by atoms with Gasteiger partial charge in [0.25, 0.3) is 0 Å². The van der Waals surface area contributed by atoms with E-state index in [0.717, 1.165) is 13.0 Å². The molecule has 0 aromatic rings. The molecule has 0 aromatic carbocycles. The SMILES string of the molecule is C/C(=C\CCl)C(F)(F)F. The number of allylic oxidation sites excluding steroid dienone is 2. The lowest BCUT2D eigenvalue weighted by Gasteiger charge is -2.03. The quantitative estimate of drug-likeness (QED) is 0.407. The molecule has 0 spiro atoms. The summed E-state index contributed by atoms with van der Waals surface area (Å²) in [5.74, 6) is -0.0919. The molecule has 0 atom stereocenters. The lowest BCUT2D eigenvalue weighted by atomic mass is 10.3. The highest BCUT2D eigenvalue weighted by Gasteiger charge is 2.29. The topological polar surface area (TPSA) is 0 Å². The zero-order valence-corrected chi connectivity index (χ0v) is 5.55. The minimum absolute atomic E-state index is 0.0919. The first-order valence-electron chi connectivity index (χ1n) is 2.28. The van der Waals surface area contributed by atoms with E-state index < -0.39 is 11.7 Å². The Morgan fingerprint density at radius 3 is 2.11 bits per heavy atom. The van der Waals surface area contributed by atoms with Crippen molar-refractivity contribution >= 4 is 11.6 Å². The molecule has 0 aliphatic rings. The predicted molar refractivity (Wildman–Crippen MR) is 30.5 cm³/mol. The Bertz CT molecular complexity index is 114. The fraction of sp³-hybridized carbons (Fsp3) is 0.600. The van der Waals surface area contributed by atoms with Gasteiger partial charge in [-0.1, -0.05) is 6.08 Å². The molecule has 0 aromatic heterocycles. The summed E-state index contributed by atoms with van der Waals surface area (Å²) in [5, 5.41) is 0. The van der Waals surface area contributed by atoms with Crippen LogP contribution in [0.15, 0.2) is 11.6 Å². The molecule has 0 nitrogen and oxygen atoms in total. The van der Waals surface area contributed by atoms with Crippen LogP contribution in [0.4, 0.5) is 13.2 Å². The highest BCUT2D eigenvalue weighted by molar-refractivity contribution is 6.18. The third-order valence-corrected chi connectivity index (χ3v) is 0.985. The van der Waals surface area contributed by atoms with Crippen LogP contribution in [0.1, 0.15) is 6.92 Å². The van der Waals surface area contributed by atoms with Crippen molar-refractivity contribution in [1.29, 1.82) is 0 Å². The molecule has 0 N–H and O–H groups in total. The Labute approximate surface area is 56.3 Å². The molecule has 0 radical (unpaired) electrons. The van der Waals surface area contributed by atoms with Crippen LogP contribution in [-0.2, 0) is 0 Å². The fourth-order valence-corrected chi connectivity index (χ4v) is 0.463. The molecule has 54 valence electrons. The number of hydrogen-bond donors (Lipinski definition) is 0. The summed E-state index contributed by atoms with van der Waals surface area (Å²) in [4.78, 5) is 0. The van der Waals surface area contributed by atoms with Gasteiger partial charge in [0, 0.05) is 11.5 Å². The Balaban J connectivity index is 4.03. The third-order valence-electron chi connectivity index (χ3n) is 0.830. The van der Waals surface area contributed by atoms with Gasteiger partial charge in [0.1, 0.15) is 0 Å². The van der Waals surface area contributed by atoms with Crippen molar-refractivity contribution in [2.24, 2.45) is 0 Å². The highest BCUT2D eigenvalue weighted by Crippen LogP contribution is 2.24. The largest absolute Gasteiger partial charge is 0.412 e. The Kier molecular flexibility index (Phi) is 3.04. The lowest BCUT2D eigenvalue weighted by Crippen LogP contribution is -2.08. The van der Waals surface area contributed by atoms with Crippen LogP contribution in [0.25, 0.3) is 0 Å². The van der Waals surface area contributed by atoms with Crippen LogP contribution < -0.4 is 0 Å². The molecule has 0 rings (SSSR count). The highest BCUT2D eigenvalue weighted by atomic mass is 35.5. The molecule has 0 bridgehead atoms. The second-order valence-corrected chi connectivity index (χ2v) is 1.85. The van der Waals surface area contributed by atoms with Crippen LogP contribution >= 0.6 is 11.6 Å². The zero-order chi connectivity index (χ0) is 7.49. The molecule has 4 heteroatoms. The first-order valence-corrected chi connectivity index (χ1v) is 2.82. The van der Waals surface area contributed by atoms with Gasteiger partial charge in [-0.3, -0.25) is 0 Å². The number of alkyl halides is 4. The van der Waals surface area contributed by atoms with Crippen molar-refractivity contribution in [3.63, 3.8) is 0 Å². The summed E-state index contributed by atoms with van der Waals surface area (Å²) < 4.78 is 34.5. The number of halogens is 4. The lowest BCUT2D eigenvalue weighted by molar-refractivity contribution is -0.0914. The Morgan fingerprint density at radius 1 is 1.56 bits per heavy atom. The van der Waals surface area contributed by atoms with Crippen LogP contribution in [0.2, 0.25) is 0 Å². The Morgan fingerprint density at radius 2 is 2.00 bits per heavy atom. The minimum Gasteiger partial charge on any atom is -0.167 e. The van der Waals surface area contributed by atoms with Gasteiger partial charge in [0.05, 0.1) is 0 Å². The van der Waals surface area contributed by atoms with Gasteiger partial charge in [0.2, 0.25) is 0 Å². The summed E-state index contributed by atoms with van der Waals surface area (Å²) >= 11 is 5.03. The molecule has 0 fully saturated rings. The van der Waals surface area contributed by atoms with Gasteiger partial charge in [-0.15, -0.1) is 11.6 Å². The van der Waals surface area contributed by atoms with Crippen molar-refractivity contribution in [3.05, 3.63) is 11.6 Å². The first-order chi connectivity index (χ1) is 3.98. The van der Waals surface area contributed by atoms with Crippen molar-refractivity contribution in [3.8, 4) is 0 Å². The summed E-state index contributed by atoms with van der Waals surface area (Å²) in [6.07, 6.45) is -3.28. The van der Waals surface area contributed by atoms with Crippen molar-refractivity contribution in [1.82, 2.24) is 0 Å². The molecular weight excluding hydrogens is 153 g/mol. The van der Waals surface area contributed by atoms with E-state index >= 15 is 0 Å². The maximum Gasteiger partial charge on any atom is 0.412 e. The maximum absolute atomic E-state index is 11.5. The van der Waals surface area contributed by atoms with Gasteiger partial charge < -0.3 is 0 Å². The van der Waals surface area contributed by atoms with Gasteiger partial charge in [-0.2, -0.15) is 13.2 Å². The van der Waals surface area contributed by atoms with E-state index in [1.165, 1.54) is 0 Å². The summed E-state index contributed by atoms with van der Waals surface area (Å²) in [6.45, 7) is 0.988. The molecule has 9 heavy (non-hydrogen) atoms. The van der Waals surface area contributed by atoms with Crippen LogP contribution in [0.5, 0.6) is 0 Å². The molecule has 0 saturated carbocycles. The molecule has 0 heterocycles. The molecule has 0 saturated heterocycles. The third kappa shape index (κ3) is 3.40. The summed E-state index contributed by atoms with van der Waals surface area (Å²) in [6, 6.07) is 0. The predicted octanol–water partition coefficient (Wildman–Crippen LogP) is 2.73. The van der Waals surface area contributed by atoms with Crippen LogP contribution in [-0.4, -0.2) is 12.1 Å². The summed E-state index contributed by atoms with van der Waals surface area (Å²) in [7, 11) is 0. The zero-order valence-electron chi connectivity index (χ0n) is 4.80. The monoisotopic (exact) mass is 158 g/mol. The van der Waals surface area contributed by atoms with Gasteiger partial charge in [0.15, 0.2) is 0 Å². The minimum atomic E-state index is -4.21.